The molecular weight excluding hydrogens is 237 g/mol. The predicted molar refractivity (Wildman–Crippen MR) is 78.9 cm³/mol. The van der Waals surface area contributed by atoms with Gasteiger partial charge < -0.3 is 5.32 Å². The van der Waals surface area contributed by atoms with Crippen LogP contribution in [-0.2, 0) is 0 Å². The molecule has 1 unspecified atom stereocenters. The van der Waals surface area contributed by atoms with Gasteiger partial charge in [-0.05, 0) is 62.3 Å². The number of nitrogens with one attached hydrogen (secondary N) is 1. The van der Waals surface area contributed by atoms with Crippen LogP contribution in [0, 0.1) is 25.1 Å². The van der Waals surface area contributed by atoms with Crippen LogP contribution in [0.4, 0.5) is 4.39 Å². The first-order valence-electron chi connectivity index (χ1n) is 7.48. The van der Waals surface area contributed by atoms with Crippen molar-refractivity contribution < 1.29 is 4.39 Å². The summed E-state index contributed by atoms with van der Waals surface area (Å²) in [5, 5.41) is 3.50. The van der Waals surface area contributed by atoms with Crippen LogP contribution in [0.3, 0.4) is 0 Å². The van der Waals surface area contributed by atoms with E-state index >= 15 is 0 Å². The van der Waals surface area contributed by atoms with E-state index < -0.39 is 0 Å². The summed E-state index contributed by atoms with van der Waals surface area (Å²) in [6.07, 6.45) is 6.40. The first-order chi connectivity index (χ1) is 9.04. The van der Waals surface area contributed by atoms with E-state index in [1.165, 1.54) is 37.7 Å². The topological polar surface area (TPSA) is 12.0 Å². The zero-order valence-corrected chi connectivity index (χ0v) is 12.6. The molecule has 1 fully saturated rings. The van der Waals surface area contributed by atoms with Gasteiger partial charge in [0.15, 0.2) is 0 Å². The van der Waals surface area contributed by atoms with Crippen LogP contribution < -0.4 is 5.32 Å². The van der Waals surface area contributed by atoms with E-state index in [-0.39, 0.29) is 5.82 Å². The lowest BCUT2D eigenvalue weighted by Gasteiger charge is -2.37. The zero-order chi connectivity index (χ0) is 14.0. The Bertz CT molecular complexity index is 424. The van der Waals surface area contributed by atoms with Gasteiger partial charge in [-0.15, -0.1) is 0 Å². The largest absolute Gasteiger partial charge is 0.313 e. The Balaban J connectivity index is 2.42. The number of rotatable bonds is 4. The van der Waals surface area contributed by atoms with Crippen LogP contribution in [0.15, 0.2) is 12.1 Å². The summed E-state index contributed by atoms with van der Waals surface area (Å²) in [4.78, 5) is 0. The molecule has 0 amide bonds. The fraction of sp³-hybridized carbons (Fsp3) is 0.647. The van der Waals surface area contributed by atoms with Gasteiger partial charge in [0.2, 0.25) is 0 Å². The number of benzene rings is 1. The molecule has 1 N–H and O–H groups in total. The number of hydrogen-bond donors (Lipinski definition) is 1. The Kier molecular flexibility index (Phi) is 4.29. The maximum absolute atomic E-state index is 13.8. The number of aryl methyl sites for hydroxylation is 2. The molecule has 1 aliphatic rings. The lowest BCUT2D eigenvalue weighted by Crippen LogP contribution is -2.34. The molecule has 2 rings (SSSR count). The molecule has 0 aromatic heterocycles. The molecule has 1 atom stereocenters. The molecule has 0 saturated heterocycles. The molecule has 1 aromatic carbocycles. The third-order valence-corrected chi connectivity index (χ3v) is 5.00. The van der Waals surface area contributed by atoms with Gasteiger partial charge in [0.25, 0.3) is 0 Å². The minimum atomic E-state index is -0.0597. The summed E-state index contributed by atoms with van der Waals surface area (Å²) >= 11 is 0. The fourth-order valence-electron chi connectivity index (χ4n) is 3.90. The lowest BCUT2D eigenvalue weighted by molar-refractivity contribution is 0.195. The first kappa shape index (κ1) is 14.5. The van der Waals surface area contributed by atoms with Gasteiger partial charge in [-0.3, -0.25) is 0 Å². The molecule has 0 bridgehead atoms. The number of hydrogen-bond acceptors (Lipinski definition) is 1. The van der Waals surface area contributed by atoms with Gasteiger partial charge in [-0.25, -0.2) is 4.39 Å². The molecule has 0 radical (unpaired) electrons. The average Bonchev–Trinajstić information content (AvgIpc) is 2.86. The predicted octanol–water partition coefficient (Wildman–Crippen LogP) is 4.67. The molecule has 1 nitrogen and oxygen atoms in total. The molecule has 19 heavy (non-hydrogen) atoms. The minimum Gasteiger partial charge on any atom is -0.313 e. The van der Waals surface area contributed by atoms with E-state index in [4.69, 9.17) is 0 Å². The van der Waals surface area contributed by atoms with Gasteiger partial charge in [0.05, 0.1) is 0 Å². The highest BCUT2D eigenvalue weighted by Gasteiger charge is 2.39. The Hall–Kier alpha value is -0.890. The van der Waals surface area contributed by atoms with E-state index in [1.807, 2.05) is 33.0 Å². The quantitative estimate of drug-likeness (QED) is 0.832. The van der Waals surface area contributed by atoms with Gasteiger partial charge >= 0.3 is 0 Å². The van der Waals surface area contributed by atoms with Crippen LogP contribution in [0.5, 0.6) is 0 Å². The summed E-state index contributed by atoms with van der Waals surface area (Å²) in [5.41, 5.74) is 3.13. The van der Waals surface area contributed by atoms with Crippen molar-refractivity contribution >= 4 is 0 Å². The van der Waals surface area contributed by atoms with Crippen molar-refractivity contribution in [2.24, 2.45) is 5.41 Å². The first-order valence-corrected chi connectivity index (χ1v) is 7.48. The van der Waals surface area contributed by atoms with Crippen molar-refractivity contribution in [2.45, 2.75) is 58.9 Å². The highest BCUT2D eigenvalue weighted by Crippen LogP contribution is 2.50. The van der Waals surface area contributed by atoms with Crippen molar-refractivity contribution in [1.29, 1.82) is 0 Å². The van der Waals surface area contributed by atoms with E-state index in [0.717, 1.165) is 11.1 Å². The van der Waals surface area contributed by atoms with Crippen molar-refractivity contribution in [2.75, 3.05) is 7.05 Å². The van der Waals surface area contributed by atoms with Crippen LogP contribution in [0.2, 0.25) is 0 Å². The second-order valence-corrected chi connectivity index (χ2v) is 6.11. The fourth-order valence-corrected chi connectivity index (χ4v) is 3.90. The highest BCUT2D eigenvalue weighted by atomic mass is 19.1. The highest BCUT2D eigenvalue weighted by molar-refractivity contribution is 5.33. The molecule has 2 heteroatoms. The summed E-state index contributed by atoms with van der Waals surface area (Å²) in [5.74, 6) is -0.0597. The standard InChI is InChI=1S/C17H26FN/c1-5-17(8-6-7-9-17)16(19-4)14-10-12(2)15(18)13(3)11-14/h10-11,16,19H,5-9H2,1-4H3. The molecule has 0 heterocycles. The van der Waals surface area contributed by atoms with Gasteiger partial charge in [-0.1, -0.05) is 31.9 Å². The van der Waals surface area contributed by atoms with Crippen LogP contribution in [0.1, 0.15) is 61.8 Å². The van der Waals surface area contributed by atoms with E-state index in [2.05, 4.69) is 12.2 Å². The Morgan fingerprint density at radius 2 is 1.74 bits per heavy atom. The average molecular weight is 263 g/mol. The maximum atomic E-state index is 13.8. The number of halogens is 1. The normalized spacial score (nSPS) is 19.6. The van der Waals surface area contributed by atoms with Gasteiger partial charge in [0, 0.05) is 6.04 Å². The van der Waals surface area contributed by atoms with Crippen LogP contribution >= 0.6 is 0 Å². The second kappa shape index (κ2) is 5.62. The molecule has 1 saturated carbocycles. The minimum absolute atomic E-state index is 0.0597. The second-order valence-electron chi connectivity index (χ2n) is 6.11. The molecule has 106 valence electrons. The van der Waals surface area contributed by atoms with Crippen molar-refractivity contribution in [3.8, 4) is 0 Å². The van der Waals surface area contributed by atoms with Crippen molar-refractivity contribution in [3.63, 3.8) is 0 Å². The molecule has 1 aromatic rings. The summed E-state index contributed by atoms with van der Waals surface area (Å²) in [6, 6.07) is 4.40. The monoisotopic (exact) mass is 263 g/mol. The van der Waals surface area contributed by atoms with E-state index in [1.54, 1.807) is 0 Å². The molecule has 1 aliphatic carbocycles. The summed E-state index contributed by atoms with van der Waals surface area (Å²) in [7, 11) is 2.04. The van der Waals surface area contributed by atoms with Crippen LogP contribution in [-0.4, -0.2) is 7.05 Å². The third kappa shape index (κ3) is 2.55. The van der Waals surface area contributed by atoms with E-state index in [0.29, 0.717) is 11.5 Å². The molecule has 0 spiro atoms. The summed E-state index contributed by atoms with van der Waals surface area (Å²) < 4.78 is 13.8. The maximum Gasteiger partial charge on any atom is 0.129 e. The van der Waals surface area contributed by atoms with E-state index in [9.17, 15) is 4.39 Å². The summed E-state index contributed by atoms with van der Waals surface area (Å²) in [6.45, 7) is 6.02. The Morgan fingerprint density at radius 3 is 2.16 bits per heavy atom. The van der Waals surface area contributed by atoms with Crippen molar-refractivity contribution in [1.82, 2.24) is 5.32 Å². The SMILES string of the molecule is CCC1(C(NC)c2cc(C)c(F)c(C)c2)CCCC1. The molecule has 0 aliphatic heterocycles. The molecular formula is C17H26FN. The zero-order valence-electron chi connectivity index (χ0n) is 12.6. The Morgan fingerprint density at radius 1 is 1.21 bits per heavy atom. The van der Waals surface area contributed by atoms with Crippen LogP contribution in [0.25, 0.3) is 0 Å². The lowest BCUT2D eigenvalue weighted by atomic mass is 9.73. The van der Waals surface area contributed by atoms with Gasteiger partial charge in [0.1, 0.15) is 5.82 Å². The third-order valence-electron chi connectivity index (χ3n) is 5.00. The smallest absolute Gasteiger partial charge is 0.129 e. The Labute approximate surface area is 116 Å². The van der Waals surface area contributed by atoms with Gasteiger partial charge in [-0.2, -0.15) is 0 Å². The van der Waals surface area contributed by atoms with Crippen molar-refractivity contribution in [3.05, 3.63) is 34.6 Å².